The van der Waals surface area contributed by atoms with Crippen LogP contribution in [0.1, 0.15) is 42.5 Å². The van der Waals surface area contributed by atoms with E-state index >= 15 is 0 Å². The quantitative estimate of drug-likeness (QED) is 0.888. The third-order valence-corrected chi connectivity index (χ3v) is 5.92. The monoisotopic (exact) mass is 350 g/mol. The van der Waals surface area contributed by atoms with Crippen LogP contribution in [0, 0.1) is 0 Å². The number of anilines is 1. The SMILES string of the molecule is O=C(c1ccccc1)N1CCC(Nc2ccccc2)C2(O)CCCCC12. The molecule has 4 nitrogen and oxygen atoms in total. The largest absolute Gasteiger partial charge is 0.386 e. The molecule has 1 saturated heterocycles. The van der Waals surface area contributed by atoms with Crippen molar-refractivity contribution in [3.8, 4) is 0 Å². The lowest BCUT2D eigenvalue weighted by atomic mass is 9.71. The van der Waals surface area contributed by atoms with E-state index in [2.05, 4.69) is 5.32 Å². The number of hydrogen-bond acceptors (Lipinski definition) is 3. The molecule has 0 aromatic heterocycles. The molecular formula is C22H26N2O2. The summed E-state index contributed by atoms with van der Waals surface area (Å²) in [6, 6.07) is 19.3. The van der Waals surface area contributed by atoms with Gasteiger partial charge in [-0.15, -0.1) is 0 Å². The molecule has 0 bridgehead atoms. The molecule has 1 amide bonds. The van der Waals surface area contributed by atoms with E-state index in [4.69, 9.17) is 0 Å². The Hall–Kier alpha value is -2.33. The topological polar surface area (TPSA) is 52.6 Å². The van der Waals surface area contributed by atoms with Crippen LogP contribution in [0.2, 0.25) is 0 Å². The number of hydrogen-bond donors (Lipinski definition) is 2. The Morgan fingerprint density at radius 2 is 1.69 bits per heavy atom. The molecule has 136 valence electrons. The maximum absolute atomic E-state index is 13.1. The number of nitrogens with zero attached hydrogens (tertiary/aromatic N) is 1. The van der Waals surface area contributed by atoms with Gasteiger partial charge in [-0.25, -0.2) is 0 Å². The van der Waals surface area contributed by atoms with Crippen LogP contribution >= 0.6 is 0 Å². The van der Waals surface area contributed by atoms with Crippen LogP contribution in [0.15, 0.2) is 60.7 Å². The Bertz CT molecular complexity index is 749. The van der Waals surface area contributed by atoms with Gasteiger partial charge in [-0.05, 0) is 43.5 Å². The van der Waals surface area contributed by atoms with Gasteiger partial charge in [0.1, 0.15) is 5.60 Å². The fourth-order valence-electron chi connectivity index (χ4n) is 4.59. The van der Waals surface area contributed by atoms with Gasteiger partial charge in [-0.1, -0.05) is 49.2 Å². The number of likely N-dealkylation sites (tertiary alicyclic amines) is 1. The van der Waals surface area contributed by atoms with E-state index in [1.165, 1.54) is 0 Å². The molecule has 2 N–H and O–H groups in total. The van der Waals surface area contributed by atoms with Gasteiger partial charge < -0.3 is 15.3 Å². The van der Waals surface area contributed by atoms with Crippen molar-refractivity contribution in [3.05, 3.63) is 66.2 Å². The molecule has 0 spiro atoms. The fourth-order valence-corrected chi connectivity index (χ4v) is 4.59. The number of amides is 1. The first kappa shape index (κ1) is 17.1. The van der Waals surface area contributed by atoms with Gasteiger partial charge in [0.2, 0.25) is 0 Å². The summed E-state index contributed by atoms with van der Waals surface area (Å²) in [6.07, 6.45) is 4.42. The molecule has 3 unspecified atom stereocenters. The van der Waals surface area contributed by atoms with Crippen LogP contribution in [0.4, 0.5) is 5.69 Å². The summed E-state index contributed by atoms with van der Waals surface area (Å²) in [6.45, 7) is 0.672. The smallest absolute Gasteiger partial charge is 0.254 e. The summed E-state index contributed by atoms with van der Waals surface area (Å²) in [5.74, 6) is 0.0362. The highest BCUT2D eigenvalue weighted by molar-refractivity contribution is 5.94. The first-order valence-electron chi connectivity index (χ1n) is 9.58. The van der Waals surface area contributed by atoms with Crippen molar-refractivity contribution in [1.29, 1.82) is 0 Å². The van der Waals surface area contributed by atoms with E-state index in [1.54, 1.807) is 0 Å². The molecule has 2 aromatic carbocycles. The third kappa shape index (κ3) is 3.10. The van der Waals surface area contributed by atoms with E-state index in [0.29, 0.717) is 12.1 Å². The predicted octanol–water partition coefficient (Wildman–Crippen LogP) is 3.69. The molecule has 2 fully saturated rings. The number of piperidine rings is 1. The van der Waals surface area contributed by atoms with E-state index in [1.807, 2.05) is 65.6 Å². The van der Waals surface area contributed by atoms with Gasteiger partial charge in [-0.3, -0.25) is 4.79 Å². The number of rotatable bonds is 3. The Kier molecular flexibility index (Phi) is 4.68. The highest BCUT2D eigenvalue weighted by atomic mass is 16.3. The zero-order valence-electron chi connectivity index (χ0n) is 15.0. The van der Waals surface area contributed by atoms with Crippen LogP contribution in [-0.4, -0.2) is 40.1 Å². The minimum atomic E-state index is -0.878. The molecule has 0 radical (unpaired) electrons. The number of para-hydroxylation sites is 1. The number of benzene rings is 2. The molecule has 4 heteroatoms. The van der Waals surface area contributed by atoms with E-state index in [9.17, 15) is 9.90 Å². The number of carbonyl (C=O) groups is 1. The van der Waals surface area contributed by atoms with Crippen molar-refractivity contribution < 1.29 is 9.90 Å². The maximum atomic E-state index is 13.1. The third-order valence-electron chi connectivity index (χ3n) is 5.92. The van der Waals surface area contributed by atoms with Gasteiger partial charge in [0.25, 0.3) is 5.91 Å². The molecule has 1 aliphatic carbocycles. The predicted molar refractivity (Wildman–Crippen MR) is 103 cm³/mol. The first-order chi connectivity index (χ1) is 12.7. The van der Waals surface area contributed by atoms with Crippen molar-refractivity contribution in [2.45, 2.75) is 49.8 Å². The van der Waals surface area contributed by atoms with Crippen molar-refractivity contribution in [2.24, 2.45) is 0 Å². The molecular weight excluding hydrogens is 324 g/mol. The van der Waals surface area contributed by atoms with Gasteiger partial charge in [-0.2, -0.15) is 0 Å². The Morgan fingerprint density at radius 1 is 1.00 bits per heavy atom. The van der Waals surface area contributed by atoms with Crippen LogP contribution in [-0.2, 0) is 0 Å². The van der Waals surface area contributed by atoms with Crippen molar-refractivity contribution in [3.63, 3.8) is 0 Å². The normalized spacial score (nSPS) is 28.3. The minimum Gasteiger partial charge on any atom is -0.386 e. The second-order valence-corrected chi connectivity index (χ2v) is 7.47. The molecule has 1 saturated carbocycles. The number of fused-ring (bicyclic) bond motifs is 1. The molecule has 1 aliphatic heterocycles. The first-order valence-corrected chi connectivity index (χ1v) is 9.58. The van der Waals surface area contributed by atoms with E-state index in [0.717, 1.165) is 37.8 Å². The summed E-state index contributed by atoms with van der Waals surface area (Å²) < 4.78 is 0. The molecule has 1 heterocycles. The van der Waals surface area contributed by atoms with Crippen molar-refractivity contribution in [2.75, 3.05) is 11.9 Å². The summed E-state index contributed by atoms with van der Waals surface area (Å²) in [4.78, 5) is 15.0. The maximum Gasteiger partial charge on any atom is 0.254 e. The van der Waals surface area contributed by atoms with Gasteiger partial charge in [0.15, 0.2) is 0 Å². The second-order valence-electron chi connectivity index (χ2n) is 7.47. The second kappa shape index (κ2) is 7.12. The average molecular weight is 350 g/mol. The van der Waals surface area contributed by atoms with E-state index in [-0.39, 0.29) is 18.0 Å². The molecule has 2 aromatic rings. The Morgan fingerprint density at radius 3 is 2.42 bits per heavy atom. The van der Waals surface area contributed by atoms with E-state index < -0.39 is 5.60 Å². The van der Waals surface area contributed by atoms with Crippen LogP contribution in [0.5, 0.6) is 0 Å². The summed E-state index contributed by atoms with van der Waals surface area (Å²) in [7, 11) is 0. The summed E-state index contributed by atoms with van der Waals surface area (Å²) in [5.41, 5.74) is 0.851. The lowest BCUT2D eigenvalue weighted by molar-refractivity contribution is -0.0994. The lowest BCUT2D eigenvalue weighted by Gasteiger charge is -2.54. The summed E-state index contributed by atoms with van der Waals surface area (Å²) >= 11 is 0. The highest BCUT2D eigenvalue weighted by Crippen LogP contribution is 2.40. The highest BCUT2D eigenvalue weighted by Gasteiger charge is 2.52. The number of carbonyl (C=O) groups excluding carboxylic acids is 1. The lowest BCUT2D eigenvalue weighted by Crippen LogP contribution is -2.67. The van der Waals surface area contributed by atoms with Crippen molar-refractivity contribution >= 4 is 11.6 Å². The van der Waals surface area contributed by atoms with Gasteiger partial charge >= 0.3 is 0 Å². The van der Waals surface area contributed by atoms with Crippen LogP contribution < -0.4 is 5.32 Å². The molecule has 26 heavy (non-hydrogen) atoms. The molecule has 3 atom stereocenters. The standard InChI is InChI=1S/C22H26N2O2/c25-21(17-9-3-1-4-10-17)24-16-14-19(23-18-11-5-2-6-12-18)22(26)15-8-7-13-20(22)24/h1-6,9-12,19-20,23,26H,7-8,13-16H2. The van der Waals surface area contributed by atoms with Crippen LogP contribution in [0.25, 0.3) is 0 Å². The van der Waals surface area contributed by atoms with Gasteiger partial charge in [0, 0.05) is 17.8 Å². The molecule has 4 rings (SSSR count). The summed E-state index contributed by atoms with van der Waals surface area (Å²) in [5, 5.41) is 15.2. The zero-order valence-corrected chi connectivity index (χ0v) is 15.0. The van der Waals surface area contributed by atoms with Gasteiger partial charge in [0.05, 0.1) is 12.1 Å². The molecule has 2 aliphatic rings. The number of aliphatic hydroxyl groups is 1. The average Bonchev–Trinajstić information content (AvgIpc) is 2.69. The van der Waals surface area contributed by atoms with Crippen molar-refractivity contribution in [1.82, 2.24) is 4.90 Å². The zero-order chi connectivity index (χ0) is 18.0. The number of nitrogens with one attached hydrogen (secondary N) is 1. The fraction of sp³-hybridized carbons (Fsp3) is 0.409. The minimum absolute atomic E-state index is 0.0324. The Labute approximate surface area is 154 Å². The Balaban J connectivity index is 1.59. The van der Waals surface area contributed by atoms with Crippen LogP contribution in [0.3, 0.4) is 0 Å².